The molecule has 84 valence electrons. The number of rotatable bonds is 1. The second kappa shape index (κ2) is 3.55. The van der Waals surface area contributed by atoms with Gasteiger partial charge in [-0.25, -0.2) is 0 Å². The van der Waals surface area contributed by atoms with Crippen molar-refractivity contribution >= 4 is 6.01 Å². The molecule has 2 rings (SSSR count). The van der Waals surface area contributed by atoms with Crippen molar-refractivity contribution in [3.63, 3.8) is 0 Å². The highest BCUT2D eigenvalue weighted by Crippen LogP contribution is 2.36. The largest absolute Gasteiger partial charge is 0.432 e. The fourth-order valence-electron chi connectivity index (χ4n) is 1.36. The van der Waals surface area contributed by atoms with Crippen molar-refractivity contribution in [1.29, 1.82) is 0 Å². The predicted molar refractivity (Wildman–Crippen MR) is 51.4 cm³/mol. The maximum atomic E-state index is 12.7. The van der Waals surface area contributed by atoms with Gasteiger partial charge < -0.3 is 10.2 Å². The van der Waals surface area contributed by atoms with E-state index in [0.29, 0.717) is 0 Å². The van der Waals surface area contributed by atoms with Crippen LogP contribution < -0.4 is 5.73 Å². The predicted octanol–water partition coefficient (Wildman–Crippen LogP) is 2.94. The van der Waals surface area contributed by atoms with Gasteiger partial charge in [-0.05, 0) is 6.07 Å². The Bertz CT molecular complexity index is 505. The summed E-state index contributed by atoms with van der Waals surface area (Å²) in [5.41, 5.74) is 4.48. The van der Waals surface area contributed by atoms with E-state index in [2.05, 4.69) is 9.40 Å². The van der Waals surface area contributed by atoms with Crippen molar-refractivity contribution in [3.05, 3.63) is 36.1 Å². The molecule has 0 unspecified atom stereocenters. The van der Waals surface area contributed by atoms with Gasteiger partial charge in [0.05, 0.1) is 5.56 Å². The molecule has 0 spiro atoms. The summed E-state index contributed by atoms with van der Waals surface area (Å²) in [5.74, 6) is 0. The minimum absolute atomic E-state index is 0.0459. The highest BCUT2D eigenvalue weighted by molar-refractivity contribution is 5.64. The van der Waals surface area contributed by atoms with Crippen LogP contribution >= 0.6 is 0 Å². The molecule has 0 fully saturated rings. The summed E-state index contributed by atoms with van der Waals surface area (Å²) >= 11 is 0. The molecule has 2 aromatic rings. The Balaban J connectivity index is 2.57. The van der Waals surface area contributed by atoms with E-state index in [1.54, 1.807) is 0 Å². The van der Waals surface area contributed by atoms with Crippen LogP contribution in [-0.4, -0.2) is 4.98 Å². The molecule has 0 saturated heterocycles. The summed E-state index contributed by atoms with van der Waals surface area (Å²) in [6, 6.07) is 4.96. The summed E-state index contributed by atoms with van der Waals surface area (Å²) in [4.78, 5) is 3.67. The summed E-state index contributed by atoms with van der Waals surface area (Å²) in [6.45, 7) is 0. The maximum Gasteiger partial charge on any atom is 0.417 e. The number of hydrogen-bond donors (Lipinski definition) is 1. The molecular weight excluding hydrogens is 221 g/mol. The standard InChI is InChI=1S/C10H7F3N2O/c11-10(12,13)7-4-2-1-3-6(7)8-5-16-9(14)15-8/h1-5H,(H2,14,15). The van der Waals surface area contributed by atoms with Crippen molar-refractivity contribution in [3.8, 4) is 11.3 Å². The topological polar surface area (TPSA) is 52.0 Å². The van der Waals surface area contributed by atoms with Gasteiger partial charge in [0.1, 0.15) is 12.0 Å². The van der Waals surface area contributed by atoms with E-state index >= 15 is 0 Å². The zero-order chi connectivity index (χ0) is 11.8. The first-order valence-corrected chi connectivity index (χ1v) is 4.36. The lowest BCUT2D eigenvalue weighted by molar-refractivity contribution is -0.137. The lowest BCUT2D eigenvalue weighted by Crippen LogP contribution is -2.06. The summed E-state index contributed by atoms with van der Waals surface area (Å²) in [7, 11) is 0. The third-order valence-corrected chi connectivity index (χ3v) is 2.03. The molecular formula is C10H7F3N2O. The first-order valence-electron chi connectivity index (χ1n) is 4.36. The van der Waals surface area contributed by atoms with Crippen LogP contribution in [0.25, 0.3) is 11.3 Å². The number of nitrogens with two attached hydrogens (primary N) is 1. The quantitative estimate of drug-likeness (QED) is 0.816. The zero-order valence-corrected chi connectivity index (χ0v) is 7.95. The first-order chi connectivity index (χ1) is 7.48. The molecule has 1 aromatic carbocycles. The molecule has 0 bridgehead atoms. The smallest absolute Gasteiger partial charge is 0.417 e. The van der Waals surface area contributed by atoms with Gasteiger partial charge >= 0.3 is 6.18 Å². The van der Waals surface area contributed by atoms with Crippen molar-refractivity contribution < 1.29 is 17.6 Å². The van der Waals surface area contributed by atoms with E-state index < -0.39 is 11.7 Å². The van der Waals surface area contributed by atoms with Crippen LogP contribution in [0.1, 0.15) is 5.56 Å². The van der Waals surface area contributed by atoms with Gasteiger partial charge in [0, 0.05) is 5.56 Å². The monoisotopic (exact) mass is 228 g/mol. The highest BCUT2D eigenvalue weighted by Gasteiger charge is 2.33. The SMILES string of the molecule is Nc1nc(-c2ccccc2C(F)(F)F)co1. The average Bonchev–Trinajstić information content (AvgIpc) is 2.64. The highest BCUT2D eigenvalue weighted by atomic mass is 19.4. The Labute approximate surface area is 88.7 Å². The van der Waals surface area contributed by atoms with Gasteiger partial charge in [-0.3, -0.25) is 0 Å². The Morgan fingerprint density at radius 3 is 2.44 bits per heavy atom. The van der Waals surface area contributed by atoms with Gasteiger partial charge in [-0.15, -0.1) is 0 Å². The van der Waals surface area contributed by atoms with Crippen LogP contribution in [0.3, 0.4) is 0 Å². The summed E-state index contributed by atoms with van der Waals surface area (Å²) < 4.78 is 42.6. The lowest BCUT2D eigenvalue weighted by atomic mass is 10.1. The lowest BCUT2D eigenvalue weighted by Gasteiger charge is -2.10. The Hall–Kier alpha value is -1.98. The van der Waals surface area contributed by atoms with E-state index in [1.807, 2.05) is 0 Å². The van der Waals surface area contributed by atoms with Crippen LogP contribution in [0, 0.1) is 0 Å². The second-order valence-corrected chi connectivity index (χ2v) is 3.11. The second-order valence-electron chi connectivity index (χ2n) is 3.11. The molecule has 3 nitrogen and oxygen atoms in total. The Morgan fingerprint density at radius 1 is 1.19 bits per heavy atom. The molecule has 16 heavy (non-hydrogen) atoms. The van der Waals surface area contributed by atoms with Crippen molar-refractivity contribution in [1.82, 2.24) is 4.98 Å². The molecule has 0 radical (unpaired) electrons. The molecule has 0 aliphatic heterocycles. The number of halogens is 3. The minimum atomic E-state index is -4.43. The number of benzene rings is 1. The van der Waals surface area contributed by atoms with Gasteiger partial charge in [0.15, 0.2) is 0 Å². The zero-order valence-electron chi connectivity index (χ0n) is 7.95. The number of alkyl halides is 3. The number of aromatic nitrogens is 1. The maximum absolute atomic E-state index is 12.7. The van der Waals surface area contributed by atoms with Gasteiger partial charge in [0.2, 0.25) is 0 Å². The van der Waals surface area contributed by atoms with Crippen molar-refractivity contribution in [2.75, 3.05) is 5.73 Å². The van der Waals surface area contributed by atoms with E-state index in [4.69, 9.17) is 5.73 Å². The Morgan fingerprint density at radius 2 is 1.88 bits per heavy atom. The molecule has 0 atom stereocenters. The number of nitrogens with zero attached hydrogens (tertiary/aromatic N) is 1. The average molecular weight is 228 g/mol. The molecule has 1 aromatic heterocycles. The van der Waals surface area contributed by atoms with Crippen LogP contribution in [0.5, 0.6) is 0 Å². The van der Waals surface area contributed by atoms with Gasteiger partial charge in [-0.2, -0.15) is 18.2 Å². The summed E-state index contributed by atoms with van der Waals surface area (Å²) in [6.07, 6.45) is -3.33. The number of oxazole rings is 1. The molecule has 0 saturated carbocycles. The minimum Gasteiger partial charge on any atom is -0.432 e. The van der Waals surface area contributed by atoms with Crippen LogP contribution in [-0.2, 0) is 6.18 Å². The van der Waals surface area contributed by atoms with Crippen molar-refractivity contribution in [2.45, 2.75) is 6.18 Å². The normalized spacial score (nSPS) is 11.7. The molecule has 2 N–H and O–H groups in total. The number of anilines is 1. The number of hydrogen-bond acceptors (Lipinski definition) is 3. The molecule has 6 heteroatoms. The Kier molecular flexibility index (Phi) is 2.34. The fourth-order valence-corrected chi connectivity index (χ4v) is 1.36. The van der Waals surface area contributed by atoms with E-state index in [-0.39, 0.29) is 17.3 Å². The van der Waals surface area contributed by atoms with Gasteiger partial charge in [0.25, 0.3) is 6.01 Å². The van der Waals surface area contributed by atoms with Gasteiger partial charge in [-0.1, -0.05) is 18.2 Å². The van der Waals surface area contributed by atoms with E-state index in [0.717, 1.165) is 12.3 Å². The molecule has 0 amide bonds. The van der Waals surface area contributed by atoms with Crippen LogP contribution in [0.4, 0.5) is 19.2 Å². The fraction of sp³-hybridized carbons (Fsp3) is 0.100. The van der Waals surface area contributed by atoms with Crippen molar-refractivity contribution in [2.24, 2.45) is 0 Å². The molecule has 1 heterocycles. The van der Waals surface area contributed by atoms with E-state index in [1.165, 1.54) is 18.2 Å². The third-order valence-electron chi connectivity index (χ3n) is 2.03. The van der Waals surface area contributed by atoms with Crippen LogP contribution in [0.15, 0.2) is 34.9 Å². The third kappa shape index (κ3) is 1.86. The summed E-state index contributed by atoms with van der Waals surface area (Å²) in [5, 5.41) is 0. The number of nitrogen functional groups attached to an aromatic ring is 1. The van der Waals surface area contributed by atoms with E-state index in [9.17, 15) is 13.2 Å². The first kappa shape index (κ1) is 10.5. The molecule has 0 aliphatic carbocycles. The van der Waals surface area contributed by atoms with Crippen LogP contribution in [0.2, 0.25) is 0 Å². The molecule has 0 aliphatic rings.